The minimum atomic E-state index is -0.544. The van der Waals surface area contributed by atoms with Gasteiger partial charge in [-0.2, -0.15) is 0 Å². The van der Waals surface area contributed by atoms with Crippen LogP contribution in [-0.4, -0.2) is 44.7 Å². The Bertz CT molecular complexity index is 1180. The van der Waals surface area contributed by atoms with Gasteiger partial charge in [-0.15, -0.1) is 5.10 Å². The number of hydrogen-bond acceptors (Lipinski definition) is 5. The summed E-state index contributed by atoms with van der Waals surface area (Å²) in [7, 11) is 0. The molecule has 0 amide bonds. The summed E-state index contributed by atoms with van der Waals surface area (Å²) >= 11 is 6.12. The van der Waals surface area contributed by atoms with Crippen LogP contribution in [-0.2, 0) is 16.1 Å². The zero-order valence-corrected chi connectivity index (χ0v) is 23.3. The van der Waals surface area contributed by atoms with E-state index >= 15 is 0 Å². The quantitative estimate of drug-likeness (QED) is 0.492. The SMILES string of the molecule is CCOCC12CC[C@@](C)(O)C[C@@H]1CCC1[C@@H]2CC[C@]2(C)[C@@H](C(=O)Cn3nnc4cc(Cl)ccc43)CC[C@@H]12. The van der Waals surface area contributed by atoms with Crippen LogP contribution in [0.3, 0.4) is 0 Å². The molecule has 4 fully saturated rings. The number of ketones is 1. The van der Waals surface area contributed by atoms with E-state index in [-0.39, 0.29) is 23.3 Å². The van der Waals surface area contributed by atoms with Gasteiger partial charge in [-0.1, -0.05) is 23.7 Å². The third kappa shape index (κ3) is 4.17. The van der Waals surface area contributed by atoms with Gasteiger partial charge in [0.2, 0.25) is 0 Å². The van der Waals surface area contributed by atoms with Gasteiger partial charge in [-0.05, 0) is 124 Å². The van der Waals surface area contributed by atoms with Crippen molar-refractivity contribution in [1.29, 1.82) is 0 Å². The molecule has 202 valence electrons. The first-order chi connectivity index (χ1) is 17.7. The summed E-state index contributed by atoms with van der Waals surface area (Å²) in [6, 6.07) is 5.55. The molecule has 2 aromatic rings. The van der Waals surface area contributed by atoms with Gasteiger partial charge >= 0.3 is 0 Å². The monoisotopic (exact) mass is 527 g/mol. The zero-order chi connectivity index (χ0) is 26.0. The van der Waals surface area contributed by atoms with Crippen LogP contribution in [0.15, 0.2) is 18.2 Å². The highest BCUT2D eigenvalue weighted by Gasteiger charge is 2.63. The maximum absolute atomic E-state index is 13.8. The lowest BCUT2D eigenvalue weighted by atomic mass is 9.43. The van der Waals surface area contributed by atoms with Gasteiger partial charge in [-0.25, -0.2) is 4.68 Å². The molecule has 2 unspecified atom stereocenters. The normalized spacial score (nSPS) is 41.3. The van der Waals surface area contributed by atoms with Crippen LogP contribution in [0.4, 0.5) is 0 Å². The molecular formula is C30H42ClN3O3. The lowest BCUT2D eigenvalue weighted by molar-refractivity contribution is -0.178. The summed E-state index contributed by atoms with van der Waals surface area (Å²) in [6.45, 7) is 8.41. The first-order valence-corrected chi connectivity index (χ1v) is 14.9. The Kier molecular flexibility index (Phi) is 6.48. The molecule has 4 aliphatic carbocycles. The standard InChI is InChI=1S/C30H42ClN3O3/c1-4-37-18-30-14-13-28(2,36)16-19(30)5-7-21-22-8-9-24(29(22,3)12-11-23(21)30)27(35)17-34-26-10-6-20(31)15-25(26)32-33-34/h6,10,15,19,21-24,36H,4-5,7-9,11-14,16-18H2,1-3H3/t19-,21?,22-,23-,24+,28+,29-,30?/m0/s1. The Morgan fingerprint density at radius 2 is 1.97 bits per heavy atom. The maximum Gasteiger partial charge on any atom is 0.157 e. The smallest absolute Gasteiger partial charge is 0.157 e. The summed E-state index contributed by atoms with van der Waals surface area (Å²) in [5, 5.41) is 20.1. The van der Waals surface area contributed by atoms with E-state index in [1.54, 1.807) is 10.7 Å². The lowest BCUT2D eigenvalue weighted by Gasteiger charge is -2.62. The number of carbonyl (C=O) groups excluding carboxylic acids is 1. The first-order valence-electron chi connectivity index (χ1n) is 14.5. The summed E-state index contributed by atoms with van der Waals surface area (Å²) in [5.41, 5.74) is 1.30. The molecule has 37 heavy (non-hydrogen) atoms. The molecule has 4 aliphatic rings. The second kappa shape index (κ2) is 9.31. The van der Waals surface area contributed by atoms with E-state index < -0.39 is 5.60 Å². The van der Waals surface area contributed by atoms with Crippen molar-refractivity contribution >= 4 is 28.4 Å². The van der Waals surface area contributed by atoms with Crippen molar-refractivity contribution in [2.24, 2.45) is 40.4 Å². The van der Waals surface area contributed by atoms with Crippen LogP contribution in [0.5, 0.6) is 0 Å². The van der Waals surface area contributed by atoms with E-state index in [2.05, 4.69) is 24.2 Å². The van der Waals surface area contributed by atoms with E-state index in [1.807, 2.05) is 19.1 Å². The van der Waals surface area contributed by atoms with Gasteiger partial charge in [0.1, 0.15) is 12.1 Å². The summed E-state index contributed by atoms with van der Waals surface area (Å²) in [6.07, 6.45) is 9.69. The van der Waals surface area contributed by atoms with E-state index in [9.17, 15) is 9.90 Å². The molecular weight excluding hydrogens is 486 g/mol. The number of hydrogen-bond donors (Lipinski definition) is 1. The molecule has 0 bridgehead atoms. The number of ether oxygens (including phenoxy) is 1. The highest BCUT2D eigenvalue weighted by molar-refractivity contribution is 6.31. The fourth-order valence-electron chi connectivity index (χ4n) is 9.66. The highest BCUT2D eigenvalue weighted by atomic mass is 35.5. The number of nitrogens with zero attached hydrogens (tertiary/aromatic N) is 3. The molecule has 1 heterocycles. The molecule has 1 aromatic heterocycles. The number of benzene rings is 1. The molecule has 6 rings (SSSR count). The Balaban J connectivity index is 1.23. The minimum Gasteiger partial charge on any atom is -0.390 e. The van der Waals surface area contributed by atoms with Gasteiger partial charge < -0.3 is 9.84 Å². The van der Waals surface area contributed by atoms with Crippen molar-refractivity contribution in [2.45, 2.75) is 90.7 Å². The van der Waals surface area contributed by atoms with Crippen molar-refractivity contribution in [3.05, 3.63) is 23.2 Å². The number of Topliss-reactive ketones (excluding diaryl/α,β-unsaturated/α-hetero) is 1. The molecule has 4 saturated carbocycles. The average Bonchev–Trinajstić information content (AvgIpc) is 3.42. The molecule has 7 heteroatoms. The van der Waals surface area contributed by atoms with Crippen molar-refractivity contribution in [1.82, 2.24) is 15.0 Å². The lowest BCUT2D eigenvalue weighted by Crippen LogP contribution is -2.58. The molecule has 1 aromatic carbocycles. The number of aromatic nitrogens is 3. The zero-order valence-electron chi connectivity index (χ0n) is 22.6. The van der Waals surface area contributed by atoms with Crippen molar-refractivity contribution in [3.8, 4) is 0 Å². The number of aliphatic hydroxyl groups is 1. The second-order valence-electron chi connectivity index (χ2n) is 13.2. The minimum absolute atomic E-state index is 0.0533. The predicted molar refractivity (Wildman–Crippen MR) is 144 cm³/mol. The molecule has 8 atom stereocenters. The molecule has 1 N–H and O–H groups in total. The van der Waals surface area contributed by atoms with Crippen LogP contribution in [0.2, 0.25) is 5.02 Å². The summed E-state index contributed by atoms with van der Waals surface area (Å²) in [5.74, 6) is 2.82. The van der Waals surface area contributed by atoms with Gasteiger partial charge in [0.15, 0.2) is 5.78 Å². The van der Waals surface area contributed by atoms with Gasteiger partial charge in [0.25, 0.3) is 0 Å². The average molecular weight is 528 g/mol. The number of carbonyl (C=O) groups is 1. The Labute approximate surface area is 225 Å². The molecule has 6 nitrogen and oxygen atoms in total. The van der Waals surface area contributed by atoms with Crippen molar-refractivity contribution in [3.63, 3.8) is 0 Å². The summed E-state index contributed by atoms with van der Waals surface area (Å²) < 4.78 is 7.94. The molecule has 0 aliphatic heterocycles. The van der Waals surface area contributed by atoms with Crippen LogP contribution in [0, 0.1) is 40.4 Å². The predicted octanol–water partition coefficient (Wildman–Crippen LogP) is 6.08. The topological polar surface area (TPSA) is 77.2 Å². The highest BCUT2D eigenvalue weighted by Crippen LogP contribution is 2.68. The van der Waals surface area contributed by atoms with E-state index in [4.69, 9.17) is 16.3 Å². The van der Waals surface area contributed by atoms with Crippen molar-refractivity contribution in [2.75, 3.05) is 13.2 Å². The second-order valence-corrected chi connectivity index (χ2v) is 13.7. The molecule has 0 saturated heterocycles. The molecule has 0 spiro atoms. The van der Waals surface area contributed by atoms with Crippen LogP contribution < -0.4 is 0 Å². The van der Waals surface area contributed by atoms with Crippen LogP contribution in [0.25, 0.3) is 11.0 Å². The van der Waals surface area contributed by atoms with Gasteiger partial charge in [0, 0.05) is 17.5 Å². The fraction of sp³-hybridized carbons (Fsp3) is 0.767. The van der Waals surface area contributed by atoms with Crippen LogP contribution >= 0.6 is 11.6 Å². The Hall–Kier alpha value is -1.50. The number of fused-ring (bicyclic) bond motifs is 6. The van der Waals surface area contributed by atoms with Crippen molar-refractivity contribution < 1.29 is 14.6 Å². The third-order valence-electron chi connectivity index (χ3n) is 11.4. The first kappa shape index (κ1) is 25.8. The van der Waals surface area contributed by atoms with E-state index in [1.165, 1.54) is 19.3 Å². The van der Waals surface area contributed by atoms with Gasteiger partial charge in [-0.3, -0.25) is 4.79 Å². The number of halogens is 1. The maximum atomic E-state index is 13.8. The number of rotatable bonds is 6. The molecule has 0 radical (unpaired) electrons. The van der Waals surface area contributed by atoms with E-state index in [0.29, 0.717) is 34.5 Å². The third-order valence-corrected chi connectivity index (χ3v) is 11.6. The van der Waals surface area contributed by atoms with E-state index in [0.717, 1.165) is 62.8 Å². The van der Waals surface area contributed by atoms with Gasteiger partial charge in [0.05, 0.1) is 17.7 Å². The largest absolute Gasteiger partial charge is 0.390 e. The Morgan fingerprint density at radius 3 is 2.78 bits per heavy atom. The summed E-state index contributed by atoms with van der Waals surface area (Å²) in [4.78, 5) is 13.8. The van der Waals surface area contributed by atoms with Crippen LogP contribution in [0.1, 0.15) is 78.6 Å². The fourth-order valence-corrected chi connectivity index (χ4v) is 9.82. The Morgan fingerprint density at radius 1 is 1.14 bits per heavy atom.